The lowest BCUT2D eigenvalue weighted by Gasteiger charge is -2.24. The number of nitrogens with one attached hydrogen (secondary N) is 1. The fraction of sp³-hybridized carbons (Fsp3) is 0.133. The van der Waals surface area contributed by atoms with E-state index in [0.717, 1.165) is 21.0 Å². The van der Waals surface area contributed by atoms with Gasteiger partial charge in [-0.25, -0.2) is 13.8 Å². The molecule has 39 heavy (non-hydrogen) atoms. The second-order valence-electron chi connectivity index (χ2n) is 8.89. The van der Waals surface area contributed by atoms with Crippen LogP contribution in [0.25, 0.3) is 0 Å². The lowest BCUT2D eigenvalue weighted by atomic mass is 10.2. The first-order chi connectivity index (χ1) is 18.7. The van der Waals surface area contributed by atoms with Gasteiger partial charge in [-0.15, -0.1) is 0 Å². The molecule has 0 aliphatic rings. The Morgan fingerprint density at radius 2 is 1.64 bits per heavy atom. The van der Waals surface area contributed by atoms with Gasteiger partial charge in [-0.1, -0.05) is 65.7 Å². The van der Waals surface area contributed by atoms with E-state index in [2.05, 4.69) is 10.5 Å². The smallest absolute Gasteiger partial charge is 0.264 e. The van der Waals surface area contributed by atoms with Crippen LogP contribution in [0, 0.1) is 13.8 Å². The third-order valence-electron chi connectivity index (χ3n) is 5.87. The zero-order chi connectivity index (χ0) is 27.8. The molecule has 0 heterocycles. The first-order valence-corrected chi connectivity index (χ1v) is 14.0. The molecule has 9 heteroatoms. The van der Waals surface area contributed by atoms with Crippen molar-refractivity contribution in [2.75, 3.05) is 10.8 Å². The number of amides is 1. The molecular weight excluding hydrogens is 534 g/mol. The molecule has 0 fully saturated rings. The highest BCUT2D eigenvalue weighted by molar-refractivity contribution is 7.92. The average Bonchev–Trinajstić information content (AvgIpc) is 2.94. The van der Waals surface area contributed by atoms with Gasteiger partial charge in [0, 0.05) is 5.02 Å². The zero-order valence-electron chi connectivity index (χ0n) is 21.5. The highest BCUT2D eigenvalue weighted by atomic mass is 35.5. The standard InChI is InChI=1S/C30H28ClN3O4S/c1-22-8-11-25(12-9-22)21-38-27-16-13-24(14-17-27)19-32-33-30(35)20-34(26-15-10-23(2)29(31)18-26)39(36,37)28-6-4-3-5-7-28/h3-19H,20-21H2,1-2H3,(H,33,35). The van der Waals surface area contributed by atoms with Crippen LogP contribution in [-0.4, -0.2) is 27.1 Å². The Bertz CT molecular complexity index is 1560. The number of rotatable bonds is 10. The van der Waals surface area contributed by atoms with Crippen LogP contribution in [0.2, 0.25) is 5.02 Å². The highest BCUT2D eigenvalue weighted by Gasteiger charge is 2.27. The number of hydrogen-bond acceptors (Lipinski definition) is 5. The molecule has 0 saturated heterocycles. The fourth-order valence-corrected chi connectivity index (χ4v) is 5.23. The van der Waals surface area contributed by atoms with Crippen molar-refractivity contribution in [2.24, 2.45) is 5.10 Å². The van der Waals surface area contributed by atoms with Crippen LogP contribution in [0.3, 0.4) is 0 Å². The van der Waals surface area contributed by atoms with Crippen molar-refractivity contribution in [2.45, 2.75) is 25.3 Å². The third-order valence-corrected chi connectivity index (χ3v) is 8.07. The molecule has 1 N–H and O–H groups in total. The number of ether oxygens (including phenoxy) is 1. The number of aryl methyl sites for hydroxylation is 2. The van der Waals surface area contributed by atoms with E-state index in [1.807, 2.05) is 50.2 Å². The molecular formula is C30H28ClN3O4S. The van der Waals surface area contributed by atoms with Crippen LogP contribution in [0.4, 0.5) is 5.69 Å². The number of halogens is 1. The average molecular weight is 562 g/mol. The molecule has 200 valence electrons. The summed E-state index contributed by atoms with van der Waals surface area (Å²) in [5.41, 5.74) is 6.47. The molecule has 0 aliphatic carbocycles. The summed E-state index contributed by atoms with van der Waals surface area (Å²) in [5, 5.41) is 4.39. The number of hydrogen-bond donors (Lipinski definition) is 1. The van der Waals surface area contributed by atoms with E-state index in [-0.39, 0.29) is 10.6 Å². The summed E-state index contributed by atoms with van der Waals surface area (Å²) in [6.07, 6.45) is 1.47. The molecule has 4 rings (SSSR count). The van der Waals surface area contributed by atoms with Gasteiger partial charge in [0.1, 0.15) is 18.9 Å². The third kappa shape index (κ3) is 7.46. The highest BCUT2D eigenvalue weighted by Crippen LogP contribution is 2.28. The number of carbonyl (C=O) groups is 1. The van der Waals surface area contributed by atoms with Gasteiger partial charge in [-0.3, -0.25) is 9.10 Å². The molecule has 1 amide bonds. The molecule has 4 aromatic carbocycles. The van der Waals surface area contributed by atoms with Crippen LogP contribution in [0.5, 0.6) is 5.75 Å². The van der Waals surface area contributed by atoms with Crippen molar-refractivity contribution in [1.82, 2.24) is 5.43 Å². The minimum absolute atomic E-state index is 0.0580. The molecule has 0 aromatic heterocycles. The molecule has 0 atom stereocenters. The van der Waals surface area contributed by atoms with Crippen molar-refractivity contribution < 1.29 is 17.9 Å². The Kier molecular flexibility index (Phi) is 9.01. The number of sulfonamides is 1. The van der Waals surface area contributed by atoms with Crippen molar-refractivity contribution in [1.29, 1.82) is 0 Å². The second kappa shape index (κ2) is 12.6. The van der Waals surface area contributed by atoms with E-state index in [0.29, 0.717) is 17.4 Å². The lowest BCUT2D eigenvalue weighted by Crippen LogP contribution is -2.39. The molecule has 0 unspecified atom stereocenters. The number of benzene rings is 4. The number of carbonyl (C=O) groups excluding carboxylic acids is 1. The van der Waals surface area contributed by atoms with Crippen LogP contribution in [-0.2, 0) is 21.4 Å². The first-order valence-electron chi connectivity index (χ1n) is 12.2. The van der Waals surface area contributed by atoms with Gasteiger partial charge >= 0.3 is 0 Å². The second-order valence-corrected chi connectivity index (χ2v) is 11.2. The van der Waals surface area contributed by atoms with Crippen molar-refractivity contribution in [3.8, 4) is 5.75 Å². The Hall–Kier alpha value is -4.14. The van der Waals surface area contributed by atoms with E-state index in [1.165, 1.54) is 30.0 Å². The Labute approximate surface area is 233 Å². The van der Waals surface area contributed by atoms with E-state index < -0.39 is 22.5 Å². The fourth-order valence-electron chi connectivity index (χ4n) is 3.62. The minimum atomic E-state index is -4.04. The van der Waals surface area contributed by atoms with Crippen molar-refractivity contribution in [3.05, 3.63) is 124 Å². The normalized spacial score (nSPS) is 11.4. The maximum Gasteiger partial charge on any atom is 0.264 e. The van der Waals surface area contributed by atoms with Gasteiger partial charge in [0.2, 0.25) is 0 Å². The van der Waals surface area contributed by atoms with E-state index in [9.17, 15) is 13.2 Å². The monoisotopic (exact) mass is 561 g/mol. The summed E-state index contributed by atoms with van der Waals surface area (Å²) in [6.45, 7) is 3.82. The molecule has 0 aliphatic heterocycles. The molecule has 0 saturated carbocycles. The van der Waals surface area contributed by atoms with Crippen LogP contribution < -0.4 is 14.5 Å². The molecule has 7 nitrogen and oxygen atoms in total. The predicted molar refractivity (Wildman–Crippen MR) is 155 cm³/mol. The SMILES string of the molecule is Cc1ccc(COc2ccc(C=NNC(=O)CN(c3ccc(C)c(Cl)c3)S(=O)(=O)c3ccccc3)cc2)cc1. The van der Waals surface area contributed by atoms with E-state index >= 15 is 0 Å². The van der Waals surface area contributed by atoms with Gasteiger partial charge in [-0.05, 0) is 79.1 Å². The van der Waals surface area contributed by atoms with Gasteiger partial charge in [-0.2, -0.15) is 5.10 Å². The van der Waals surface area contributed by atoms with Crippen LogP contribution >= 0.6 is 11.6 Å². The quantitative estimate of drug-likeness (QED) is 0.193. The maximum atomic E-state index is 13.4. The van der Waals surface area contributed by atoms with E-state index in [4.69, 9.17) is 16.3 Å². The van der Waals surface area contributed by atoms with Crippen LogP contribution in [0.15, 0.2) is 107 Å². The maximum absolute atomic E-state index is 13.4. The molecule has 0 radical (unpaired) electrons. The van der Waals surface area contributed by atoms with Crippen molar-refractivity contribution >= 4 is 39.4 Å². The Morgan fingerprint density at radius 1 is 0.949 bits per heavy atom. The Balaban J connectivity index is 1.41. The van der Waals surface area contributed by atoms with Gasteiger partial charge < -0.3 is 4.74 Å². The first kappa shape index (κ1) is 27.9. The summed E-state index contributed by atoms with van der Waals surface area (Å²) >= 11 is 6.26. The largest absolute Gasteiger partial charge is 0.489 e. The number of anilines is 1. The van der Waals surface area contributed by atoms with Crippen molar-refractivity contribution in [3.63, 3.8) is 0 Å². The lowest BCUT2D eigenvalue weighted by molar-refractivity contribution is -0.119. The summed E-state index contributed by atoms with van der Waals surface area (Å²) in [5.74, 6) is 0.0933. The van der Waals surface area contributed by atoms with Gasteiger partial charge in [0.15, 0.2) is 0 Å². The summed E-state index contributed by atoms with van der Waals surface area (Å²) < 4.78 is 33.6. The minimum Gasteiger partial charge on any atom is -0.489 e. The topological polar surface area (TPSA) is 88.1 Å². The number of nitrogens with zero attached hydrogens (tertiary/aromatic N) is 2. The zero-order valence-corrected chi connectivity index (χ0v) is 23.1. The van der Waals surface area contributed by atoms with Gasteiger partial charge in [0.25, 0.3) is 15.9 Å². The predicted octanol–water partition coefficient (Wildman–Crippen LogP) is 5.88. The molecule has 0 spiro atoms. The summed E-state index contributed by atoms with van der Waals surface area (Å²) in [6, 6.07) is 28.1. The van der Waals surface area contributed by atoms with Crippen LogP contribution in [0.1, 0.15) is 22.3 Å². The number of hydrazone groups is 1. The van der Waals surface area contributed by atoms with Gasteiger partial charge in [0.05, 0.1) is 16.8 Å². The summed E-state index contributed by atoms with van der Waals surface area (Å²) in [7, 11) is -4.04. The van der Waals surface area contributed by atoms with E-state index in [1.54, 1.807) is 42.5 Å². The Morgan fingerprint density at radius 3 is 2.31 bits per heavy atom. The molecule has 4 aromatic rings. The molecule has 0 bridgehead atoms. The summed E-state index contributed by atoms with van der Waals surface area (Å²) in [4.78, 5) is 12.8.